The second kappa shape index (κ2) is 10.5. The van der Waals surface area contributed by atoms with Crippen LogP contribution < -0.4 is 9.47 Å². The van der Waals surface area contributed by atoms with Gasteiger partial charge in [-0.15, -0.1) is 0 Å². The number of thioether (sulfide) groups is 1. The van der Waals surface area contributed by atoms with Gasteiger partial charge in [0.1, 0.15) is 0 Å². The quantitative estimate of drug-likeness (QED) is 0.205. The second-order valence-electron chi connectivity index (χ2n) is 8.80. The summed E-state index contributed by atoms with van der Waals surface area (Å²) in [6.07, 6.45) is 2.01. The van der Waals surface area contributed by atoms with E-state index in [1.165, 1.54) is 11.8 Å². The Morgan fingerprint density at radius 3 is 2.47 bits per heavy atom. The van der Waals surface area contributed by atoms with Crippen molar-refractivity contribution in [3.05, 3.63) is 70.5 Å². The van der Waals surface area contributed by atoms with E-state index in [1.54, 1.807) is 18.2 Å². The zero-order chi connectivity index (χ0) is 27.1. The van der Waals surface area contributed by atoms with Crippen LogP contribution >= 0.6 is 23.4 Å². The van der Waals surface area contributed by atoms with E-state index in [-0.39, 0.29) is 25.9 Å². The van der Waals surface area contributed by atoms with Gasteiger partial charge in [0.05, 0.1) is 42.4 Å². The highest BCUT2D eigenvalue weighted by molar-refractivity contribution is 8.03. The van der Waals surface area contributed by atoms with E-state index in [1.807, 2.05) is 51.9 Å². The number of halogens is 1. The van der Waals surface area contributed by atoms with Gasteiger partial charge in [-0.05, 0) is 42.1 Å². The number of aryl methyl sites for hydroxylation is 1. The van der Waals surface area contributed by atoms with Crippen LogP contribution in [0.3, 0.4) is 0 Å². The van der Waals surface area contributed by atoms with Crippen LogP contribution in [0.15, 0.2) is 68.9 Å². The number of anilines is 1. The molecule has 0 amide bonds. The number of benzene rings is 3. The van der Waals surface area contributed by atoms with Crippen LogP contribution in [0, 0.1) is 0 Å². The van der Waals surface area contributed by atoms with Gasteiger partial charge in [-0.3, -0.25) is 0 Å². The number of hydrogen-bond acceptors (Lipinski definition) is 9. The summed E-state index contributed by atoms with van der Waals surface area (Å²) in [6, 6.07) is 16.9. The molecule has 0 fully saturated rings. The molecule has 3 aromatic carbocycles. The number of nitrogens with zero attached hydrogens (tertiary/aromatic N) is 2. The lowest BCUT2D eigenvalue weighted by atomic mass is 10.1. The summed E-state index contributed by atoms with van der Waals surface area (Å²) in [6.45, 7) is 0.477. The van der Waals surface area contributed by atoms with Crippen LogP contribution in [0.4, 0.5) is 5.69 Å². The largest absolute Gasteiger partial charge is 0.748 e. The fourth-order valence-corrected chi connectivity index (χ4v) is 6.75. The van der Waals surface area contributed by atoms with Crippen molar-refractivity contribution in [1.82, 2.24) is 0 Å². The Hall–Kier alpha value is -2.61. The molecule has 200 valence electrons. The maximum Gasteiger partial charge on any atom is 0.376 e. The minimum Gasteiger partial charge on any atom is -0.748 e. The highest BCUT2D eigenvalue weighted by atomic mass is 35.5. The number of oxazole rings is 1. The molecule has 0 spiro atoms. The number of fused-ring (bicyclic) bond motifs is 4. The number of hydrogen-bond donors (Lipinski definition) is 0. The maximum absolute atomic E-state index is 11.3. The summed E-state index contributed by atoms with van der Waals surface area (Å²) in [7, 11) is -8.76. The summed E-state index contributed by atoms with van der Waals surface area (Å²) in [5, 5.41) is 3.12. The monoisotopic (exact) mass is 593 g/mol. The fraction of sp³-hybridized carbons (Fsp3) is 0.240. The molecule has 0 unspecified atom stereocenters. The molecule has 13 heteroatoms. The van der Waals surface area contributed by atoms with Crippen molar-refractivity contribution in [2.24, 2.45) is 0 Å². The summed E-state index contributed by atoms with van der Waals surface area (Å²) in [5.41, 5.74) is 2.14. The van der Waals surface area contributed by atoms with E-state index in [2.05, 4.69) is 0 Å². The Morgan fingerprint density at radius 1 is 0.974 bits per heavy atom. The zero-order valence-electron chi connectivity index (χ0n) is 19.9. The van der Waals surface area contributed by atoms with E-state index in [9.17, 15) is 25.9 Å². The molecule has 9 nitrogen and oxygen atoms in total. The first-order valence-electron chi connectivity index (χ1n) is 11.7. The average Bonchev–Trinajstić information content (AvgIpc) is 3.35. The van der Waals surface area contributed by atoms with E-state index in [0.29, 0.717) is 16.5 Å². The highest BCUT2D eigenvalue weighted by Crippen LogP contribution is 2.47. The van der Waals surface area contributed by atoms with Gasteiger partial charge in [0.2, 0.25) is 5.58 Å². The van der Waals surface area contributed by atoms with Gasteiger partial charge in [0.25, 0.3) is 5.52 Å². The van der Waals surface area contributed by atoms with E-state index in [0.717, 1.165) is 31.9 Å². The van der Waals surface area contributed by atoms with Crippen LogP contribution in [0.1, 0.15) is 18.7 Å². The van der Waals surface area contributed by atoms with Crippen LogP contribution in [0.2, 0.25) is 5.02 Å². The molecule has 0 radical (unpaired) electrons. The van der Waals surface area contributed by atoms with Gasteiger partial charge in [0.15, 0.2) is 6.54 Å². The maximum atomic E-state index is 11.3. The Kier molecular flexibility index (Phi) is 7.46. The molecule has 1 aliphatic heterocycles. The summed E-state index contributed by atoms with van der Waals surface area (Å²) in [4.78, 5) is 2.78. The van der Waals surface area contributed by atoms with Crippen LogP contribution in [0.5, 0.6) is 0 Å². The SMILES string of the molecule is O=S(=O)([O-])CCCN1C(=Cc2oc3ccc4ccccc4c3[n+]2CCCS(=O)(=O)[O-])Sc2ccc(Cl)cc21. The molecule has 0 aliphatic carbocycles. The Bertz CT molecular complexity index is 1780. The predicted molar refractivity (Wildman–Crippen MR) is 145 cm³/mol. The molecule has 0 bridgehead atoms. The van der Waals surface area contributed by atoms with Crippen molar-refractivity contribution in [3.8, 4) is 0 Å². The molecule has 1 aliphatic rings. The summed E-state index contributed by atoms with van der Waals surface area (Å²) < 4.78 is 75.5. The third-order valence-electron chi connectivity index (χ3n) is 6.11. The lowest BCUT2D eigenvalue weighted by Crippen LogP contribution is -2.36. The molecule has 1 aromatic heterocycles. The smallest absolute Gasteiger partial charge is 0.376 e. The second-order valence-corrected chi connectivity index (χ2v) is 13.4. The fourth-order valence-electron chi connectivity index (χ4n) is 4.52. The lowest BCUT2D eigenvalue weighted by molar-refractivity contribution is -0.677. The Balaban J connectivity index is 1.60. The molecule has 0 N–H and O–H groups in total. The third-order valence-corrected chi connectivity index (χ3v) is 9.03. The topological polar surface area (TPSA) is 135 Å². The van der Waals surface area contributed by atoms with Gasteiger partial charge in [-0.25, -0.2) is 16.8 Å². The minimum atomic E-state index is -4.39. The third kappa shape index (κ3) is 6.00. The summed E-state index contributed by atoms with van der Waals surface area (Å²) in [5.74, 6) is -0.581. The van der Waals surface area contributed by atoms with E-state index >= 15 is 0 Å². The summed E-state index contributed by atoms with van der Waals surface area (Å²) >= 11 is 7.67. The van der Waals surface area contributed by atoms with Crippen molar-refractivity contribution < 1.29 is 34.9 Å². The molecule has 5 rings (SSSR count). The number of rotatable bonds is 9. The van der Waals surface area contributed by atoms with Gasteiger partial charge >= 0.3 is 5.89 Å². The zero-order valence-corrected chi connectivity index (χ0v) is 23.1. The molecular formula is C25H22ClN2O7S3-. The van der Waals surface area contributed by atoms with Crippen molar-refractivity contribution in [2.45, 2.75) is 24.3 Å². The van der Waals surface area contributed by atoms with E-state index in [4.69, 9.17) is 16.0 Å². The molecule has 2 heterocycles. The van der Waals surface area contributed by atoms with Gasteiger partial charge < -0.3 is 18.4 Å². The first kappa shape index (κ1) is 27.0. The molecule has 0 saturated heterocycles. The molecule has 4 aromatic rings. The van der Waals surface area contributed by atoms with Gasteiger partial charge in [0, 0.05) is 34.4 Å². The van der Waals surface area contributed by atoms with Crippen LogP contribution in [-0.2, 0) is 26.8 Å². The van der Waals surface area contributed by atoms with Crippen molar-refractivity contribution in [1.29, 1.82) is 0 Å². The normalized spacial score (nSPS) is 15.1. The van der Waals surface area contributed by atoms with Crippen molar-refractivity contribution >= 4 is 77.2 Å². The number of aromatic nitrogens is 1. The highest BCUT2D eigenvalue weighted by Gasteiger charge is 2.30. The van der Waals surface area contributed by atoms with Crippen LogP contribution in [0.25, 0.3) is 27.9 Å². The van der Waals surface area contributed by atoms with E-state index < -0.39 is 31.7 Å². The first-order valence-corrected chi connectivity index (χ1v) is 16.0. The molecule has 0 atom stereocenters. The van der Waals surface area contributed by atoms with Crippen molar-refractivity contribution in [2.75, 3.05) is 23.0 Å². The van der Waals surface area contributed by atoms with Gasteiger partial charge in [-0.2, -0.15) is 4.57 Å². The molecular weight excluding hydrogens is 572 g/mol. The standard InChI is InChI=1S/C25H23ClN2O7S3/c26-18-8-10-22-20(15-18)27(11-3-13-37(29,30)31)24(36-22)16-23-28(12-4-14-38(32,33)34)25-19-6-2-1-5-17(19)7-9-21(25)35-23/h1-2,5-10,15-16H,3-4,11-14H2,(H-,29,30,31,32,33,34)/p-1. The van der Waals surface area contributed by atoms with Crippen LogP contribution in [-0.4, -0.2) is 44.0 Å². The molecule has 38 heavy (non-hydrogen) atoms. The Morgan fingerprint density at radius 2 is 1.71 bits per heavy atom. The van der Waals surface area contributed by atoms with Gasteiger partial charge in [-0.1, -0.05) is 47.6 Å². The molecule has 0 saturated carbocycles. The average molecular weight is 594 g/mol. The minimum absolute atomic E-state index is 0.0958. The Labute approximate surface area is 229 Å². The van der Waals surface area contributed by atoms with Crippen molar-refractivity contribution in [3.63, 3.8) is 0 Å². The first-order chi connectivity index (χ1) is 18.0. The lowest BCUT2D eigenvalue weighted by Gasteiger charge is -2.20. The predicted octanol–water partition coefficient (Wildman–Crippen LogP) is 4.31.